The van der Waals surface area contributed by atoms with E-state index in [1.807, 2.05) is 54.6 Å². The summed E-state index contributed by atoms with van der Waals surface area (Å²) in [6, 6.07) is 21.1. The number of nitrogens with zero attached hydrogens (tertiary/aromatic N) is 1. The van der Waals surface area contributed by atoms with E-state index < -0.39 is 0 Å². The van der Waals surface area contributed by atoms with Gasteiger partial charge in [0.25, 0.3) is 0 Å². The van der Waals surface area contributed by atoms with Gasteiger partial charge in [-0.05, 0) is 73.6 Å². The van der Waals surface area contributed by atoms with Gasteiger partial charge in [0.05, 0.1) is 13.2 Å². The topological polar surface area (TPSA) is 61.8 Å². The van der Waals surface area contributed by atoms with Crippen molar-refractivity contribution in [3.63, 3.8) is 0 Å². The molecule has 1 saturated heterocycles. The summed E-state index contributed by atoms with van der Waals surface area (Å²) in [6.07, 6.45) is 4.52. The van der Waals surface area contributed by atoms with Crippen LogP contribution in [0.15, 0.2) is 72.8 Å². The first-order valence-corrected chi connectivity index (χ1v) is 11.8. The lowest BCUT2D eigenvalue weighted by molar-refractivity contribution is 0.244. The number of carbonyl (C=O) groups excluding carboxylic acids is 1. The van der Waals surface area contributed by atoms with Gasteiger partial charge < -0.3 is 15.2 Å². The average molecular weight is 463 g/mol. The fourth-order valence-electron chi connectivity index (χ4n) is 4.79. The first-order chi connectivity index (χ1) is 16.6. The maximum absolute atomic E-state index is 13.2. The smallest absolute Gasteiger partial charge is 0.322 e. The third-order valence-corrected chi connectivity index (χ3v) is 6.53. The van der Waals surface area contributed by atoms with Crippen LogP contribution >= 0.6 is 0 Å². The van der Waals surface area contributed by atoms with Crippen molar-refractivity contribution in [2.24, 2.45) is 5.92 Å². The van der Waals surface area contributed by atoms with Gasteiger partial charge in [-0.3, -0.25) is 4.90 Å². The van der Waals surface area contributed by atoms with Gasteiger partial charge in [0.15, 0.2) is 0 Å². The number of halogens is 1. The van der Waals surface area contributed by atoms with Crippen LogP contribution in [0, 0.1) is 11.7 Å². The molecule has 2 atom stereocenters. The van der Waals surface area contributed by atoms with Gasteiger partial charge in [0.2, 0.25) is 0 Å². The van der Waals surface area contributed by atoms with Gasteiger partial charge in [-0.15, -0.1) is 0 Å². The van der Waals surface area contributed by atoms with E-state index in [-0.39, 0.29) is 29.6 Å². The highest BCUT2D eigenvalue weighted by Crippen LogP contribution is 2.42. The van der Waals surface area contributed by atoms with Crippen molar-refractivity contribution in [3.8, 4) is 11.5 Å². The summed E-state index contributed by atoms with van der Waals surface area (Å²) >= 11 is 0. The first kappa shape index (κ1) is 23.6. The highest BCUT2D eigenvalue weighted by atomic mass is 19.1. The Hall–Kier alpha value is -3.54. The number of phenols is 1. The molecule has 3 aromatic carbocycles. The number of unbranched alkanes of at least 4 members (excludes halogenated alkanes) is 1. The van der Waals surface area contributed by atoms with E-state index in [1.165, 1.54) is 12.1 Å². The van der Waals surface area contributed by atoms with Crippen LogP contribution in [0.25, 0.3) is 0 Å². The number of ether oxygens (including phenoxy) is 1. The number of aromatic hydroxyl groups is 1. The molecule has 4 rings (SSSR count). The second-order valence-corrected chi connectivity index (χ2v) is 8.73. The summed E-state index contributed by atoms with van der Waals surface area (Å²) in [5, 5.41) is 13.9. The molecule has 0 aromatic heterocycles. The Morgan fingerprint density at radius 1 is 1.06 bits per heavy atom. The van der Waals surface area contributed by atoms with E-state index in [0.717, 1.165) is 43.4 Å². The summed E-state index contributed by atoms with van der Waals surface area (Å²) in [5.74, 6) is 0.618. The zero-order chi connectivity index (χ0) is 23.9. The van der Waals surface area contributed by atoms with Crippen LogP contribution in [0.1, 0.15) is 42.9 Å². The van der Waals surface area contributed by atoms with Crippen LogP contribution in [0.2, 0.25) is 0 Å². The van der Waals surface area contributed by atoms with Gasteiger partial charge in [0.1, 0.15) is 17.3 Å². The molecular formula is C28H31FN2O3. The summed E-state index contributed by atoms with van der Waals surface area (Å²) in [5.41, 5.74) is 2.62. The molecule has 6 heteroatoms. The Balaban J connectivity index is 1.60. The molecule has 1 aliphatic heterocycles. The lowest BCUT2D eigenvalue weighted by atomic mass is 9.84. The zero-order valence-electron chi connectivity index (χ0n) is 19.4. The van der Waals surface area contributed by atoms with E-state index >= 15 is 0 Å². The van der Waals surface area contributed by atoms with Gasteiger partial charge >= 0.3 is 6.03 Å². The van der Waals surface area contributed by atoms with E-state index in [1.54, 1.807) is 18.1 Å². The summed E-state index contributed by atoms with van der Waals surface area (Å²) in [4.78, 5) is 15.0. The molecule has 2 amide bonds. The number of nitrogens with one attached hydrogen (secondary N) is 1. The molecular weight excluding hydrogens is 431 g/mol. The molecule has 1 fully saturated rings. The number of anilines is 1. The summed E-state index contributed by atoms with van der Waals surface area (Å²) in [7, 11) is 1.56. The van der Waals surface area contributed by atoms with E-state index in [9.17, 15) is 14.3 Å². The molecule has 1 aliphatic rings. The molecule has 0 aliphatic carbocycles. The number of aryl methyl sites for hydroxylation is 1. The molecule has 0 bridgehead atoms. The number of hydrogen-bond acceptors (Lipinski definition) is 3. The average Bonchev–Trinajstić information content (AvgIpc) is 3.01. The van der Waals surface area contributed by atoms with Crippen LogP contribution in [-0.4, -0.2) is 24.8 Å². The third kappa shape index (κ3) is 5.50. The number of carbonyl (C=O) groups is 1. The number of para-hydroxylation sites is 1. The minimum atomic E-state index is -0.318. The molecule has 3 aromatic rings. The zero-order valence-corrected chi connectivity index (χ0v) is 19.4. The molecule has 0 radical (unpaired) electrons. The molecule has 1 heterocycles. The van der Waals surface area contributed by atoms with Crippen LogP contribution < -0.4 is 15.0 Å². The lowest BCUT2D eigenvalue weighted by Gasteiger charge is -2.35. The maximum atomic E-state index is 13.2. The molecule has 178 valence electrons. The number of amides is 2. The molecule has 0 unspecified atom stereocenters. The number of hydrogen-bond donors (Lipinski definition) is 2. The van der Waals surface area contributed by atoms with Crippen molar-refractivity contribution in [2.75, 3.05) is 18.6 Å². The van der Waals surface area contributed by atoms with Crippen molar-refractivity contribution in [1.29, 1.82) is 0 Å². The van der Waals surface area contributed by atoms with E-state index in [0.29, 0.717) is 17.9 Å². The number of phenolic OH excluding ortho intramolecular Hbond substituents is 1. The Labute approximate surface area is 200 Å². The Morgan fingerprint density at radius 3 is 2.53 bits per heavy atom. The van der Waals surface area contributed by atoms with Crippen molar-refractivity contribution >= 4 is 11.7 Å². The SMILES string of the molecule is COc1ccc([C@@H]2[C@H](CCCCc3ccc(F)cc3)CCNC(=O)N2c2ccccc2)c(O)c1. The fraction of sp³-hybridized carbons (Fsp3) is 0.321. The van der Waals surface area contributed by atoms with Crippen molar-refractivity contribution in [2.45, 2.75) is 38.1 Å². The number of benzene rings is 3. The van der Waals surface area contributed by atoms with Gasteiger partial charge in [0, 0.05) is 23.9 Å². The number of rotatable bonds is 8. The molecule has 2 N–H and O–H groups in total. The number of methoxy groups -OCH3 is 1. The second kappa shape index (κ2) is 11.1. The highest BCUT2D eigenvalue weighted by molar-refractivity contribution is 5.93. The minimum Gasteiger partial charge on any atom is -0.507 e. The first-order valence-electron chi connectivity index (χ1n) is 11.8. The van der Waals surface area contributed by atoms with Crippen LogP contribution in [0.3, 0.4) is 0 Å². The monoisotopic (exact) mass is 462 g/mol. The third-order valence-electron chi connectivity index (χ3n) is 6.53. The standard InChI is InChI=1S/C28H31FN2O3/c1-34-24-15-16-25(26(32)19-24)27-21(8-6-5-7-20-11-13-22(29)14-12-20)17-18-30-28(33)31(27)23-9-3-2-4-10-23/h2-4,9-16,19,21,27,32H,5-8,17-18H2,1H3,(H,30,33)/t21-,27+/m1/s1. The van der Waals surface area contributed by atoms with E-state index in [2.05, 4.69) is 5.32 Å². The van der Waals surface area contributed by atoms with Crippen molar-refractivity contribution in [3.05, 3.63) is 89.7 Å². The molecule has 34 heavy (non-hydrogen) atoms. The van der Waals surface area contributed by atoms with E-state index in [4.69, 9.17) is 4.74 Å². The molecule has 0 saturated carbocycles. The lowest BCUT2D eigenvalue weighted by Crippen LogP contribution is -2.41. The number of urea groups is 1. The predicted octanol–water partition coefficient (Wildman–Crippen LogP) is 6.23. The second-order valence-electron chi connectivity index (χ2n) is 8.73. The largest absolute Gasteiger partial charge is 0.507 e. The highest BCUT2D eigenvalue weighted by Gasteiger charge is 2.37. The van der Waals surface area contributed by atoms with Crippen LogP contribution in [0.4, 0.5) is 14.9 Å². The Bertz CT molecular complexity index is 1090. The quantitative estimate of drug-likeness (QED) is 0.390. The molecule has 5 nitrogen and oxygen atoms in total. The minimum absolute atomic E-state index is 0.122. The normalized spacial score (nSPS) is 18.3. The molecule has 0 spiro atoms. The van der Waals surface area contributed by atoms with Crippen molar-refractivity contribution < 1.29 is 19.0 Å². The van der Waals surface area contributed by atoms with Gasteiger partial charge in [-0.2, -0.15) is 0 Å². The van der Waals surface area contributed by atoms with Crippen LogP contribution in [-0.2, 0) is 6.42 Å². The summed E-state index contributed by atoms with van der Waals surface area (Å²) in [6.45, 7) is 0.582. The fourth-order valence-corrected chi connectivity index (χ4v) is 4.79. The predicted molar refractivity (Wildman–Crippen MR) is 132 cm³/mol. The van der Waals surface area contributed by atoms with Gasteiger partial charge in [-0.25, -0.2) is 9.18 Å². The summed E-state index contributed by atoms with van der Waals surface area (Å²) < 4.78 is 18.5. The van der Waals surface area contributed by atoms with Crippen molar-refractivity contribution in [1.82, 2.24) is 5.32 Å². The van der Waals surface area contributed by atoms with Crippen LogP contribution in [0.5, 0.6) is 11.5 Å². The Kier molecular flexibility index (Phi) is 7.68. The Morgan fingerprint density at radius 2 is 1.82 bits per heavy atom. The van der Waals surface area contributed by atoms with Gasteiger partial charge in [-0.1, -0.05) is 36.8 Å². The maximum Gasteiger partial charge on any atom is 0.322 e.